The molecule has 100 valence electrons. The molecule has 1 aliphatic heterocycles. The number of rotatable bonds is 3. The molecule has 0 saturated carbocycles. The van der Waals surface area contributed by atoms with Gasteiger partial charge in [-0.05, 0) is 31.2 Å². The van der Waals surface area contributed by atoms with Crippen molar-refractivity contribution in [2.75, 3.05) is 25.1 Å². The van der Waals surface area contributed by atoms with E-state index in [2.05, 4.69) is 11.9 Å². The second kappa shape index (κ2) is 5.99. The minimum absolute atomic E-state index is 0.0935. The third-order valence-corrected chi connectivity index (χ3v) is 4.38. The quantitative estimate of drug-likeness (QED) is 0.911. The van der Waals surface area contributed by atoms with Crippen LogP contribution < -0.4 is 5.73 Å². The van der Waals surface area contributed by atoms with E-state index in [0.29, 0.717) is 12.0 Å². The highest BCUT2D eigenvalue weighted by atomic mass is 32.2. The molecule has 5 heteroatoms. The van der Waals surface area contributed by atoms with E-state index in [1.54, 1.807) is 0 Å². The molecule has 0 radical (unpaired) electrons. The van der Waals surface area contributed by atoms with Crippen LogP contribution in [0.25, 0.3) is 0 Å². The Labute approximate surface area is 111 Å². The van der Waals surface area contributed by atoms with Crippen LogP contribution in [-0.4, -0.2) is 42.1 Å². The van der Waals surface area contributed by atoms with Crippen LogP contribution in [0.15, 0.2) is 18.2 Å². The molecule has 0 amide bonds. The van der Waals surface area contributed by atoms with Crippen molar-refractivity contribution in [1.82, 2.24) is 4.90 Å². The molecule has 0 spiro atoms. The molecule has 0 aliphatic carbocycles. The van der Waals surface area contributed by atoms with E-state index in [-0.39, 0.29) is 12.1 Å². The van der Waals surface area contributed by atoms with Gasteiger partial charge in [-0.15, -0.1) is 0 Å². The minimum atomic E-state index is -0.538. The molecule has 1 fully saturated rings. The Bertz CT molecular complexity index is 394. The molecule has 2 unspecified atom stereocenters. The third kappa shape index (κ3) is 3.43. The molecular weight excluding hydrogens is 254 g/mol. The number of nitrogens with zero attached hydrogens (tertiary/aromatic N) is 1. The summed E-state index contributed by atoms with van der Waals surface area (Å²) < 4.78 is 26.2. The second-order valence-corrected chi connectivity index (χ2v) is 5.92. The van der Waals surface area contributed by atoms with Gasteiger partial charge in [-0.1, -0.05) is 0 Å². The Balaban J connectivity index is 2.03. The van der Waals surface area contributed by atoms with E-state index in [1.165, 1.54) is 12.1 Å². The van der Waals surface area contributed by atoms with Gasteiger partial charge in [-0.2, -0.15) is 11.8 Å². The second-order valence-electron chi connectivity index (χ2n) is 4.77. The number of hydrogen-bond donors (Lipinski definition) is 1. The molecule has 18 heavy (non-hydrogen) atoms. The van der Waals surface area contributed by atoms with Gasteiger partial charge < -0.3 is 10.6 Å². The molecule has 1 aliphatic rings. The Morgan fingerprint density at radius 3 is 2.67 bits per heavy atom. The highest BCUT2D eigenvalue weighted by Crippen LogP contribution is 2.19. The van der Waals surface area contributed by atoms with Gasteiger partial charge in [0.2, 0.25) is 0 Å². The fourth-order valence-electron chi connectivity index (χ4n) is 2.29. The van der Waals surface area contributed by atoms with Gasteiger partial charge in [-0.25, -0.2) is 8.78 Å². The summed E-state index contributed by atoms with van der Waals surface area (Å²) in [5.41, 5.74) is 6.80. The summed E-state index contributed by atoms with van der Waals surface area (Å²) in [6.07, 6.45) is 0.504. The van der Waals surface area contributed by atoms with Crippen molar-refractivity contribution in [2.24, 2.45) is 5.73 Å². The van der Waals surface area contributed by atoms with E-state index in [9.17, 15) is 8.78 Å². The average Bonchev–Trinajstić information content (AvgIpc) is 2.27. The number of likely N-dealkylation sites (N-methyl/N-ethyl adjacent to an activating group) is 1. The predicted octanol–water partition coefficient (Wildman–Crippen LogP) is 1.88. The zero-order chi connectivity index (χ0) is 13.1. The summed E-state index contributed by atoms with van der Waals surface area (Å²) in [6.45, 7) is 1.01. The number of halogens is 2. The van der Waals surface area contributed by atoms with Crippen LogP contribution in [0.4, 0.5) is 8.78 Å². The minimum Gasteiger partial charge on any atom is -0.326 e. The van der Waals surface area contributed by atoms with Gasteiger partial charge in [0.05, 0.1) is 0 Å². The molecule has 0 bridgehead atoms. The highest BCUT2D eigenvalue weighted by molar-refractivity contribution is 7.99. The lowest BCUT2D eigenvalue weighted by Gasteiger charge is -2.36. The first kappa shape index (κ1) is 13.8. The number of benzene rings is 1. The van der Waals surface area contributed by atoms with Crippen LogP contribution in [0.1, 0.15) is 5.56 Å². The Hall–Kier alpha value is -0.650. The Morgan fingerprint density at radius 2 is 2.06 bits per heavy atom. The van der Waals surface area contributed by atoms with Crippen LogP contribution >= 0.6 is 11.8 Å². The first-order valence-electron chi connectivity index (χ1n) is 6.05. The van der Waals surface area contributed by atoms with E-state index < -0.39 is 11.6 Å². The first-order valence-corrected chi connectivity index (χ1v) is 7.20. The lowest BCUT2D eigenvalue weighted by molar-refractivity contribution is 0.235. The van der Waals surface area contributed by atoms with Crippen LogP contribution in [-0.2, 0) is 6.42 Å². The van der Waals surface area contributed by atoms with Crippen molar-refractivity contribution in [3.63, 3.8) is 0 Å². The smallest absolute Gasteiger partial charge is 0.126 e. The van der Waals surface area contributed by atoms with Crippen molar-refractivity contribution in [3.8, 4) is 0 Å². The zero-order valence-corrected chi connectivity index (χ0v) is 11.2. The maximum absolute atomic E-state index is 13.1. The summed E-state index contributed by atoms with van der Waals surface area (Å²) in [5, 5.41) is 0. The van der Waals surface area contributed by atoms with Gasteiger partial charge in [0.25, 0.3) is 0 Å². The van der Waals surface area contributed by atoms with E-state index >= 15 is 0 Å². The molecule has 0 aromatic heterocycles. The fourth-order valence-corrected chi connectivity index (χ4v) is 3.62. The van der Waals surface area contributed by atoms with Crippen molar-refractivity contribution < 1.29 is 8.78 Å². The summed E-state index contributed by atoms with van der Waals surface area (Å²) >= 11 is 1.88. The monoisotopic (exact) mass is 272 g/mol. The lowest BCUT2D eigenvalue weighted by Crippen LogP contribution is -2.51. The molecule has 2 atom stereocenters. The predicted molar refractivity (Wildman–Crippen MR) is 71.8 cm³/mol. The number of nitrogens with two attached hydrogens (primary N) is 1. The van der Waals surface area contributed by atoms with Crippen molar-refractivity contribution in [1.29, 1.82) is 0 Å². The zero-order valence-electron chi connectivity index (χ0n) is 10.4. The summed E-state index contributed by atoms with van der Waals surface area (Å²) in [5.74, 6) is 1.02. The van der Waals surface area contributed by atoms with Gasteiger partial charge in [0.1, 0.15) is 11.6 Å². The van der Waals surface area contributed by atoms with Crippen LogP contribution in [0, 0.1) is 11.6 Å². The molecule has 1 saturated heterocycles. The topological polar surface area (TPSA) is 29.3 Å². The average molecular weight is 272 g/mol. The number of thioether (sulfide) groups is 1. The lowest BCUT2D eigenvalue weighted by atomic mass is 10.00. The summed E-state index contributed by atoms with van der Waals surface area (Å²) in [7, 11) is 2.05. The Kier molecular flexibility index (Phi) is 4.59. The normalized spacial score (nSPS) is 23.0. The van der Waals surface area contributed by atoms with Crippen molar-refractivity contribution in [2.45, 2.75) is 18.5 Å². The molecule has 1 aromatic rings. The Morgan fingerprint density at radius 1 is 1.39 bits per heavy atom. The molecule has 2 N–H and O–H groups in total. The van der Waals surface area contributed by atoms with Gasteiger partial charge in [0.15, 0.2) is 0 Å². The number of hydrogen-bond acceptors (Lipinski definition) is 3. The van der Waals surface area contributed by atoms with E-state index in [4.69, 9.17) is 5.73 Å². The standard InChI is InChI=1S/C13H18F2N2S/c1-17-2-3-18-8-13(17)12(16)6-9-4-10(14)7-11(15)5-9/h4-5,7,12-13H,2-3,6,8,16H2,1H3. The van der Waals surface area contributed by atoms with Crippen molar-refractivity contribution >= 4 is 11.8 Å². The summed E-state index contributed by atoms with van der Waals surface area (Å²) in [6, 6.07) is 3.79. The van der Waals surface area contributed by atoms with Gasteiger partial charge in [0, 0.05) is 36.2 Å². The van der Waals surface area contributed by atoms with Gasteiger partial charge in [-0.3, -0.25) is 0 Å². The fraction of sp³-hybridized carbons (Fsp3) is 0.538. The maximum atomic E-state index is 13.1. The SMILES string of the molecule is CN1CCSCC1C(N)Cc1cc(F)cc(F)c1. The van der Waals surface area contributed by atoms with Crippen LogP contribution in [0.2, 0.25) is 0 Å². The molecule has 1 aromatic carbocycles. The molecule has 1 heterocycles. The largest absolute Gasteiger partial charge is 0.326 e. The van der Waals surface area contributed by atoms with Gasteiger partial charge >= 0.3 is 0 Å². The third-order valence-electron chi connectivity index (χ3n) is 3.33. The molecule has 2 rings (SSSR count). The summed E-state index contributed by atoms with van der Waals surface area (Å²) in [4.78, 5) is 2.23. The maximum Gasteiger partial charge on any atom is 0.126 e. The van der Waals surface area contributed by atoms with E-state index in [0.717, 1.165) is 24.1 Å². The molecule has 2 nitrogen and oxygen atoms in total. The van der Waals surface area contributed by atoms with Crippen LogP contribution in [0.3, 0.4) is 0 Å². The highest BCUT2D eigenvalue weighted by Gasteiger charge is 2.25. The molecular formula is C13H18F2N2S. The van der Waals surface area contributed by atoms with Crippen LogP contribution in [0.5, 0.6) is 0 Å². The van der Waals surface area contributed by atoms with Crippen molar-refractivity contribution in [3.05, 3.63) is 35.4 Å². The van der Waals surface area contributed by atoms with E-state index in [1.807, 2.05) is 11.8 Å². The first-order chi connectivity index (χ1) is 8.56.